The number of allylic oxidation sites excluding steroid dienone is 1. The number of nitrogens with zero attached hydrogens (tertiary/aromatic N) is 1. The Morgan fingerprint density at radius 3 is 1.91 bits per heavy atom. The zero-order chi connectivity index (χ0) is 25.7. The second-order valence-electron chi connectivity index (χ2n) is 8.29. The fourth-order valence-corrected chi connectivity index (χ4v) is 3.87. The predicted molar refractivity (Wildman–Crippen MR) is 141 cm³/mol. The predicted octanol–water partition coefficient (Wildman–Crippen LogP) is 6.07. The van der Waals surface area contributed by atoms with Crippen LogP contribution in [0.1, 0.15) is 102 Å². The molecule has 1 heterocycles. The number of ketones is 1. The lowest BCUT2D eigenvalue weighted by Crippen LogP contribution is -2.31. The molecule has 2 aliphatic rings. The Kier molecular flexibility index (Phi) is 26.6. The van der Waals surface area contributed by atoms with E-state index in [1.54, 1.807) is 13.0 Å². The van der Waals surface area contributed by atoms with Crippen molar-refractivity contribution in [3.63, 3.8) is 0 Å². The highest BCUT2D eigenvalue weighted by molar-refractivity contribution is 5.80. The highest BCUT2D eigenvalue weighted by Gasteiger charge is 2.54. The van der Waals surface area contributed by atoms with Crippen molar-refractivity contribution in [2.75, 3.05) is 6.54 Å². The van der Waals surface area contributed by atoms with Crippen molar-refractivity contribution in [2.45, 2.75) is 108 Å². The van der Waals surface area contributed by atoms with E-state index in [1.165, 1.54) is 12.8 Å². The molecule has 2 fully saturated rings. The smallest absolute Gasteiger partial charge is 0.223 e. The molecule has 2 rings (SSSR count). The third kappa shape index (κ3) is 17.0. The first-order chi connectivity index (χ1) is 15.1. The number of rotatable bonds is 7. The van der Waals surface area contributed by atoms with Gasteiger partial charge in [-0.3, -0.25) is 9.59 Å². The van der Waals surface area contributed by atoms with Crippen molar-refractivity contribution in [1.82, 2.24) is 10.6 Å². The van der Waals surface area contributed by atoms with Crippen LogP contribution >= 0.6 is 0 Å². The minimum atomic E-state index is -0.550. The number of nitrogens with one attached hydrogen (secondary N) is 2. The summed E-state index contributed by atoms with van der Waals surface area (Å²) >= 11 is 0. The summed E-state index contributed by atoms with van der Waals surface area (Å²) in [5.74, 6) is 2.17. The van der Waals surface area contributed by atoms with Gasteiger partial charge in [-0.1, -0.05) is 74.8 Å². The van der Waals surface area contributed by atoms with Crippen LogP contribution in [0.15, 0.2) is 12.7 Å². The molecule has 0 radical (unpaired) electrons. The fraction of sp³-hybridized carbons (Fsp3) is 0.778. The van der Waals surface area contributed by atoms with Gasteiger partial charge in [0, 0.05) is 18.9 Å². The molecule has 4 atom stereocenters. The largest absolute Gasteiger partial charge is 0.356 e. The van der Waals surface area contributed by atoms with Gasteiger partial charge in [0.05, 0.1) is 6.07 Å². The molecule has 0 spiro atoms. The molecule has 1 aliphatic carbocycles. The first-order valence-corrected chi connectivity index (χ1v) is 12.0. The SMILES string of the molecule is C.C=CC.CC.CCC(C)=O.CCC1C(CC)C1(C)C.N#CC(CC1CCNC1=O)NC=O. The molecule has 0 aromatic heterocycles. The number of nitriles is 1. The number of amides is 2. The summed E-state index contributed by atoms with van der Waals surface area (Å²) in [6, 6.07) is 1.38. The third-order valence-electron chi connectivity index (χ3n) is 5.77. The topological polar surface area (TPSA) is 99.1 Å². The van der Waals surface area contributed by atoms with E-state index in [9.17, 15) is 14.4 Å². The van der Waals surface area contributed by atoms with E-state index in [-0.39, 0.29) is 25.0 Å². The first-order valence-electron chi connectivity index (χ1n) is 12.0. The maximum atomic E-state index is 11.1. The Bertz CT molecular complexity index is 555. The summed E-state index contributed by atoms with van der Waals surface area (Å²) in [5, 5.41) is 13.6. The van der Waals surface area contributed by atoms with Crippen LogP contribution in [-0.4, -0.2) is 30.7 Å². The van der Waals surface area contributed by atoms with Crippen LogP contribution < -0.4 is 10.6 Å². The molecule has 1 saturated heterocycles. The van der Waals surface area contributed by atoms with Gasteiger partial charge in [-0.15, -0.1) is 6.58 Å². The number of Topliss-reactive ketones (excluding diaryl/α,β-unsaturated/α-hetero) is 1. The molecule has 2 N–H and O–H groups in total. The van der Waals surface area contributed by atoms with Crippen LogP contribution in [0.5, 0.6) is 0 Å². The quantitative estimate of drug-likeness (QED) is 0.350. The van der Waals surface area contributed by atoms with E-state index >= 15 is 0 Å². The summed E-state index contributed by atoms with van der Waals surface area (Å²) in [4.78, 5) is 31.0. The molecule has 0 aromatic carbocycles. The van der Waals surface area contributed by atoms with Crippen molar-refractivity contribution < 1.29 is 14.4 Å². The van der Waals surface area contributed by atoms with E-state index in [2.05, 4.69) is 44.9 Å². The lowest BCUT2D eigenvalue weighted by Gasteiger charge is -2.10. The Morgan fingerprint density at radius 1 is 1.27 bits per heavy atom. The van der Waals surface area contributed by atoms with Gasteiger partial charge in [0.15, 0.2) is 0 Å². The molecule has 4 unspecified atom stereocenters. The molecule has 6 heteroatoms. The van der Waals surface area contributed by atoms with Gasteiger partial charge in [-0.2, -0.15) is 5.26 Å². The molecule has 6 nitrogen and oxygen atoms in total. The van der Waals surface area contributed by atoms with Crippen LogP contribution in [0, 0.1) is 34.5 Å². The zero-order valence-corrected chi connectivity index (χ0v) is 22.1. The van der Waals surface area contributed by atoms with Crippen molar-refractivity contribution in [3.05, 3.63) is 12.7 Å². The van der Waals surface area contributed by atoms with Gasteiger partial charge in [0.1, 0.15) is 11.8 Å². The maximum absolute atomic E-state index is 11.1. The van der Waals surface area contributed by atoms with E-state index < -0.39 is 6.04 Å². The number of carbonyl (C=O) groups is 3. The van der Waals surface area contributed by atoms with E-state index in [0.29, 0.717) is 31.2 Å². The lowest BCUT2D eigenvalue weighted by molar-refractivity contribution is -0.123. The third-order valence-corrected chi connectivity index (χ3v) is 5.77. The summed E-state index contributed by atoms with van der Waals surface area (Å²) < 4.78 is 0. The Hall–Kier alpha value is -2.16. The van der Waals surface area contributed by atoms with Gasteiger partial charge in [0.25, 0.3) is 0 Å². The average molecular weight is 468 g/mol. The molecule has 2 amide bonds. The molecular formula is C27H53N3O3. The van der Waals surface area contributed by atoms with Crippen molar-refractivity contribution in [3.8, 4) is 6.07 Å². The van der Waals surface area contributed by atoms with E-state index in [4.69, 9.17) is 5.26 Å². The molecule has 0 aromatic rings. The fourth-order valence-electron chi connectivity index (χ4n) is 3.87. The van der Waals surface area contributed by atoms with Crippen molar-refractivity contribution in [2.24, 2.45) is 23.2 Å². The lowest BCUT2D eigenvalue weighted by atomic mass is 9.99. The van der Waals surface area contributed by atoms with Gasteiger partial charge in [-0.05, 0) is 43.9 Å². The van der Waals surface area contributed by atoms with Gasteiger partial charge >= 0.3 is 0 Å². The second kappa shape index (κ2) is 23.0. The van der Waals surface area contributed by atoms with Gasteiger partial charge in [-0.25, -0.2) is 0 Å². The Balaban J connectivity index is -0.000000184. The normalized spacial score (nSPS) is 21.3. The monoisotopic (exact) mass is 467 g/mol. The van der Waals surface area contributed by atoms with E-state index in [0.717, 1.165) is 18.3 Å². The van der Waals surface area contributed by atoms with E-state index in [1.807, 2.05) is 33.8 Å². The highest BCUT2D eigenvalue weighted by Crippen LogP contribution is 2.61. The van der Waals surface area contributed by atoms with Crippen LogP contribution in [0.3, 0.4) is 0 Å². The highest BCUT2D eigenvalue weighted by atomic mass is 16.2. The van der Waals surface area contributed by atoms with Gasteiger partial charge in [0.2, 0.25) is 12.3 Å². The Morgan fingerprint density at radius 2 is 1.70 bits per heavy atom. The van der Waals surface area contributed by atoms with Crippen LogP contribution in [0.4, 0.5) is 0 Å². The number of hydrogen-bond acceptors (Lipinski definition) is 4. The Labute approximate surface area is 205 Å². The van der Waals surface area contributed by atoms with Crippen molar-refractivity contribution in [1.29, 1.82) is 5.26 Å². The second-order valence-corrected chi connectivity index (χ2v) is 8.29. The number of carbonyl (C=O) groups excluding carboxylic acids is 3. The van der Waals surface area contributed by atoms with Crippen LogP contribution in [-0.2, 0) is 14.4 Å². The minimum absolute atomic E-state index is 0. The van der Waals surface area contributed by atoms with Crippen molar-refractivity contribution >= 4 is 18.1 Å². The summed E-state index contributed by atoms with van der Waals surface area (Å²) in [6.07, 6.45) is 6.82. The molecule has 194 valence electrons. The maximum Gasteiger partial charge on any atom is 0.223 e. The average Bonchev–Trinajstić information content (AvgIpc) is 3.08. The molecular weight excluding hydrogens is 414 g/mol. The van der Waals surface area contributed by atoms with Gasteiger partial charge < -0.3 is 15.4 Å². The molecule has 1 saturated carbocycles. The zero-order valence-electron chi connectivity index (χ0n) is 22.1. The minimum Gasteiger partial charge on any atom is -0.356 e. The van der Waals surface area contributed by atoms with Crippen LogP contribution in [0.2, 0.25) is 0 Å². The standard InChI is InChI=1S/C9H18.C8H11N3O2.C4H8O.C3H6.C2H6.CH4/c1-5-7-8(6-2)9(7,3)4;9-4-7(11-5-12)3-6-1-2-10-8(6)13;1-3-4(2)5;1-3-2;1-2;/h7-8H,5-6H2,1-4H3;5-7H,1-3H2,(H,10,13)(H,11,12);3H2,1-2H3;3H,1H2,2H3;1-2H3;1H4. The van der Waals surface area contributed by atoms with Crippen LogP contribution in [0.25, 0.3) is 0 Å². The summed E-state index contributed by atoms with van der Waals surface area (Å²) in [7, 11) is 0. The summed E-state index contributed by atoms with van der Waals surface area (Å²) in [6.45, 7) is 22.8. The molecule has 1 aliphatic heterocycles. The molecule has 0 bridgehead atoms. The number of hydrogen-bond donors (Lipinski definition) is 2. The summed E-state index contributed by atoms with van der Waals surface area (Å²) in [5.41, 5.74) is 0.684. The first kappa shape index (κ1) is 38.1. The molecule has 33 heavy (non-hydrogen) atoms.